The molecule has 0 amide bonds. The van der Waals surface area contributed by atoms with Gasteiger partial charge >= 0.3 is 11.7 Å². The first-order valence-electron chi connectivity index (χ1n) is 7.14. The lowest BCUT2D eigenvalue weighted by Crippen LogP contribution is -2.18. The molecule has 0 aliphatic heterocycles. The molecule has 2 rings (SSSR count). The van der Waals surface area contributed by atoms with Crippen LogP contribution in [0.3, 0.4) is 0 Å². The Morgan fingerprint density at radius 3 is 2.39 bits per heavy atom. The van der Waals surface area contributed by atoms with Crippen molar-refractivity contribution in [2.75, 3.05) is 6.61 Å². The predicted molar refractivity (Wildman–Crippen MR) is 84.8 cm³/mol. The van der Waals surface area contributed by atoms with Crippen molar-refractivity contribution in [3.05, 3.63) is 64.2 Å². The quantitative estimate of drug-likeness (QED) is 0.351. The molecule has 0 saturated heterocycles. The van der Waals surface area contributed by atoms with Gasteiger partial charge in [0.25, 0.3) is 0 Å². The van der Waals surface area contributed by atoms with Gasteiger partial charge in [0.15, 0.2) is 12.4 Å². The van der Waals surface area contributed by atoms with E-state index in [1.165, 1.54) is 18.2 Å². The minimum atomic E-state index is -0.625. The summed E-state index contributed by atoms with van der Waals surface area (Å²) >= 11 is 0. The van der Waals surface area contributed by atoms with Gasteiger partial charge in [-0.3, -0.25) is 10.1 Å². The summed E-state index contributed by atoms with van der Waals surface area (Å²) < 4.78 is 10.3. The first-order valence-corrected chi connectivity index (χ1v) is 7.14. The van der Waals surface area contributed by atoms with E-state index in [0.29, 0.717) is 11.7 Å². The van der Waals surface area contributed by atoms with E-state index < -0.39 is 17.5 Å². The minimum Gasteiger partial charge on any atom is -0.475 e. The highest BCUT2D eigenvalue weighted by atomic mass is 16.6. The van der Waals surface area contributed by atoms with E-state index in [2.05, 4.69) is 13.8 Å². The standard InChI is InChI=1S/C17H17NO5/c1-12(2)13-7-9-14(10-8-13)23-17(19)11-22-16-6-4-3-5-15(16)18(20)21/h3-10,12H,11H2,1-2H3. The molecule has 0 heterocycles. The molecule has 0 spiro atoms. The van der Waals surface area contributed by atoms with E-state index in [4.69, 9.17) is 9.47 Å². The van der Waals surface area contributed by atoms with E-state index in [1.54, 1.807) is 18.2 Å². The molecule has 0 aromatic heterocycles. The van der Waals surface area contributed by atoms with Crippen LogP contribution in [0.25, 0.3) is 0 Å². The normalized spacial score (nSPS) is 10.4. The van der Waals surface area contributed by atoms with Gasteiger partial charge in [0, 0.05) is 6.07 Å². The molecule has 6 heteroatoms. The molecule has 0 saturated carbocycles. The molecule has 120 valence electrons. The summed E-state index contributed by atoms with van der Waals surface area (Å²) in [5.74, 6) is 0.206. The number of ether oxygens (including phenoxy) is 2. The molecule has 23 heavy (non-hydrogen) atoms. The maximum atomic E-state index is 11.8. The summed E-state index contributed by atoms with van der Waals surface area (Å²) in [6.45, 7) is 3.74. The lowest BCUT2D eigenvalue weighted by atomic mass is 10.0. The van der Waals surface area contributed by atoms with Crippen molar-refractivity contribution in [2.45, 2.75) is 19.8 Å². The molecule has 0 bridgehead atoms. The smallest absolute Gasteiger partial charge is 0.349 e. The van der Waals surface area contributed by atoms with Crippen LogP contribution in [-0.4, -0.2) is 17.5 Å². The van der Waals surface area contributed by atoms with Gasteiger partial charge in [-0.25, -0.2) is 4.79 Å². The Kier molecular flexibility index (Phi) is 5.30. The third kappa shape index (κ3) is 4.54. The molecular weight excluding hydrogens is 298 g/mol. The third-order valence-electron chi connectivity index (χ3n) is 3.19. The molecule has 0 N–H and O–H groups in total. The lowest BCUT2D eigenvalue weighted by Gasteiger charge is -2.09. The van der Waals surface area contributed by atoms with Gasteiger partial charge in [0.1, 0.15) is 5.75 Å². The summed E-state index contributed by atoms with van der Waals surface area (Å²) in [4.78, 5) is 22.1. The van der Waals surface area contributed by atoms with Crippen molar-refractivity contribution >= 4 is 11.7 Å². The Morgan fingerprint density at radius 1 is 1.13 bits per heavy atom. The van der Waals surface area contributed by atoms with Crippen LogP contribution >= 0.6 is 0 Å². The van der Waals surface area contributed by atoms with Gasteiger partial charge in [-0.05, 0) is 29.7 Å². The van der Waals surface area contributed by atoms with Crippen molar-refractivity contribution in [3.63, 3.8) is 0 Å². The number of hydrogen-bond donors (Lipinski definition) is 0. The molecule has 0 radical (unpaired) electrons. The van der Waals surface area contributed by atoms with Crippen molar-refractivity contribution < 1.29 is 19.2 Å². The molecule has 0 fully saturated rings. The second kappa shape index (κ2) is 7.40. The number of carbonyl (C=O) groups is 1. The van der Waals surface area contributed by atoms with Crippen LogP contribution in [0, 0.1) is 10.1 Å². The van der Waals surface area contributed by atoms with Gasteiger partial charge in [0.05, 0.1) is 4.92 Å². The Morgan fingerprint density at radius 2 is 1.78 bits per heavy atom. The van der Waals surface area contributed by atoms with Gasteiger partial charge in [-0.1, -0.05) is 38.1 Å². The zero-order valence-corrected chi connectivity index (χ0v) is 12.9. The zero-order chi connectivity index (χ0) is 16.8. The monoisotopic (exact) mass is 315 g/mol. The number of hydrogen-bond acceptors (Lipinski definition) is 5. The number of para-hydroxylation sites is 2. The molecule has 6 nitrogen and oxygen atoms in total. The van der Waals surface area contributed by atoms with Crippen LogP contribution in [0.2, 0.25) is 0 Å². The molecule has 0 aliphatic rings. The SMILES string of the molecule is CC(C)c1ccc(OC(=O)COc2ccccc2[N+](=O)[O-])cc1. The van der Waals surface area contributed by atoms with Crippen molar-refractivity contribution in [2.24, 2.45) is 0 Å². The number of nitrogens with zero attached hydrogens (tertiary/aromatic N) is 1. The second-order valence-corrected chi connectivity index (χ2v) is 5.21. The first-order chi connectivity index (χ1) is 11.0. The fourth-order valence-corrected chi connectivity index (χ4v) is 1.95. The Balaban J connectivity index is 1.94. The van der Waals surface area contributed by atoms with Gasteiger partial charge in [0.2, 0.25) is 0 Å². The maximum absolute atomic E-state index is 11.8. The molecule has 2 aromatic carbocycles. The van der Waals surface area contributed by atoms with Crippen molar-refractivity contribution in [3.8, 4) is 11.5 Å². The first kappa shape index (κ1) is 16.5. The summed E-state index contributed by atoms with van der Waals surface area (Å²) in [7, 11) is 0. The van der Waals surface area contributed by atoms with Gasteiger partial charge in [-0.15, -0.1) is 0 Å². The summed E-state index contributed by atoms with van der Waals surface area (Å²) in [6, 6.07) is 13.1. The minimum absolute atomic E-state index is 0.0320. The van der Waals surface area contributed by atoms with Crippen LogP contribution in [0.15, 0.2) is 48.5 Å². The Bertz CT molecular complexity index is 694. The van der Waals surface area contributed by atoms with Crippen LogP contribution in [0.4, 0.5) is 5.69 Å². The average Bonchev–Trinajstić information content (AvgIpc) is 2.53. The van der Waals surface area contributed by atoms with Crippen molar-refractivity contribution in [1.29, 1.82) is 0 Å². The predicted octanol–water partition coefficient (Wildman–Crippen LogP) is 3.70. The number of benzene rings is 2. The largest absolute Gasteiger partial charge is 0.475 e. The molecule has 0 unspecified atom stereocenters. The van der Waals surface area contributed by atoms with Crippen LogP contribution in [-0.2, 0) is 4.79 Å². The fourth-order valence-electron chi connectivity index (χ4n) is 1.95. The number of nitro benzene ring substituents is 1. The Hall–Kier alpha value is -2.89. The zero-order valence-electron chi connectivity index (χ0n) is 12.9. The second-order valence-electron chi connectivity index (χ2n) is 5.21. The van der Waals surface area contributed by atoms with E-state index >= 15 is 0 Å². The topological polar surface area (TPSA) is 78.7 Å². The maximum Gasteiger partial charge on any atom is 0.349 e. The van der Waals surface area contributed by atoms with Crippen LogP contribution < -0.4 is 9.47 Å². The average molecular weight is 315 g/mol. The highest BCUT2D eigenvalue weighted by molar-refractivity contribution is 5.74. The fraction of sp³-hybridized carbons (Fsp3) is 0.235. The van der Waals surface area contributed by atoms with Crippen molar-refractivity contribution in [1.82, 2.24) is 0 Å². The van der Waals surface area contributed by atoms with Gasteiger partial charge < -0.3 is 9.47 Å². The number of carbonyl (C=O) groups excluding carboxylic acids is 1. The van der Waals surface area contributed by atoms with Crippen LogP contribution in [0.5, 0.6) is 11.5 Å². The van der Waals surface area contributed by atoms with E-state index in [0.717, 1.165) is 5.56 Å². The molecule has 0 atom stereocenters. The Labute approximate surface area is 133 Å². The highest BCUT2D eigenvalue weighted by Gasteiger charge is 2.15. The van der Waals surface area contributed by atoms with Crippen LogP contribution in [0.1, 0.15) is 25.3 Å². The third-order valence-corrected chi connectivity index (χ3v) is 3.19. The summed E-state index contributed by atoms with van der Waals surface area (Å²) in [5, 5.41) is 10.9. The molecule has 0 aliphatic carbocycles. The molecular formula is C17H17NO5. The lowest BCUT2D eigenvalue weighted by molar-refractivity contribution is -0.385. The summed E-state index contributed by atoms with van der Waals surface area (Å²) in [5.41, 5.74) is 0.947. The number of esters is 1. The number of nitro groups is 1. The number of rotatable bonds is 6. The van der Waals surface area contributed by atoms with E-state index in [1.807, 2.05) is 12.1 Å². The molecule has 2 aromatic rings. The summed E-state index contributed by atoms with van der Waals surface area (Å²) in [6.07, 6.45) is 0. The van der Waals surface area contributed by atoms with E-state index in [-0.39, 0.29) is 11.4 Å². The van der Waals surface area contributed by atoms with Gasteiger partial charge in [-0.2, -0.15) is 0 Å². The highest BCUT2D eigenvalue weighted by Crippen LogP contribution is 2.25. The van der Waals surface area contributed by atoms with E-state index in [9.17, 15) is 14.9 Å².